The van der Waals surface area contributed by atoms with Gasteiger partial charge in [0.05, 0.1) is 90.2 Å². The van der Waals surface area contributed by atoms with Gasteiger partial charge in [0.15, 0.2) is 0 Å². The number of methoxy groups -OCH3 is 5. The number of alkyl halides is 1. The molecule has 6 aliphatic heterocycles. The fourth-order valence-electron chi connectivity index (χ4n) is 25.8. The second-order valence-electron chi connectivity index (χ2n) is 45.8. The van der Waals surface area contributed by atoms with E-state index in [0.717, 1.165) is 164 Å². The van der Waals surface area contributed by atoms with E-state index in [1.807, 2.05) is 64.1 Å². The highest BCUT2D eigenvalue weighted by Crippen LogP contribution is 2.53. The Morgan fingerprint density at radius 2 is 0.804 bits per heavy atom. The van der Waals surface area contributed by atoms with Gasteiger partial charge < -0.3 is 63.2 Å². The molecule has 6 fully saturated rings. The first-order valence-corrected chi connectivity index (χ1v) is 59.1. The van der Waals surface area contributed by atoms with E-state index in [4.69, 9.17) is 37.9 Å². The van der Waals surface area contributed by atoms with Gasteiger partial charge in [-0.15, -0.1) is 13.1 Å². The van der Waals surface area contributed by atoms with E-state index in [1.165, 1.54) is 50.1 Å². The van der Waals surface area contributed by atoms with Crippen molar-refractivity contribution in [1.82, 2.24) is 24.8 Å². The number of benzene rings is 6. The molecular formula is C116H152FN11O17S3. The predicted molar refractivity (Wildman–Crippen MR) is 576 cm³/mol. The fraction of sp³-hybridized carbons (Fsp3) is 0.586. The van der Waals surface area contributed by atoms with Gasteiger partial charge in [0.25, 0.3) is 17.7 Å². The molecule has 6 aromatic rings. The first-order chi connectivity index (χ1) is 71.1. The summed E-state index contributed by atoms with van der Waals surface area (Å²) in [6.45, 7) is 20.5. The molecule has 798 valence electrons. The molecule has 0 saturated heterocycles. The largest absolute Gasteiger partial charge is 0.490 e. The van der Waals surface area contributed by atoms with E-state index in [-0.39, 0.29) is 106 Å². The summed E-state index contributed by atoms with van der Waals surface area (Å²) in [7, 11) is -1.91. The zero-order chi connectivity index (χ0) is 104. The van der Waals surface area contributed by atoms with Crippen molar-refractivity contribution in [2.24, 2.45) is 72.3 Å². The Labute approximate surface area is 874 Å². The van der Waals surface area contributed by atoms with Crippen molar-refractivity contribution in [2.75, 3.05) is 121 Å². The van der Waals surface area contributed by atoms with E-state index in [9.17, 15) is 45.8 Å². The maximum atomic E-state index is 14.8. The van der Waals surface area contributed by atoms with Crippen molar-refractivity contribution >= 4 is 82.5 Å². The average Bonchev–Trinajstić information content (AvgIpc) is 1.57. The Hall–Kier alpha value is -10.1. The van der Waals surface area contributed by atoms with Gasteiger partial charge in [0, 0.05) is 126 Å². The van der Waals surface area contributed by atoms with Crippen molar-refractivity contribution in [3.05, 3.63) is 212 Å². The molecule has 0 aromatic heterocycles. The summed E-state index contributed by atoms with van der Waals surface area (Å²) < 4.78 is 126. The van der Waals surface area contributed by atoms with Crippen LogP contribution in [0.25, 0.3) is 0 Å². The number of hydrogen-bond donors (Lipinski definition) is 5. The van der Waals surface area contributed by atoms with Crippen LogP contribution in [0.4, 0.5) is 31.0 Å². The molecule has 8 amide bonds. The molecule has 6 heterocycles. The van der Waals surface area contributed by atoms with Crippen molar-refractivity contribution in [3.63, 3.8) is 0 Å². The topological polar surface area (TPSA) is 334 Å². The Balaban J connectivity index is 0.000000140. The van der Waals surface area contributed by atoms with Crippen molar-refractivity contribution in [2.45, 2.75) is 266 Å². The van der Waals surface area contributed by atoms with Gasteiger partial charge in [-0.3, -0.25) is 33.3 Å². The molecule has 3 spiro atoms. The lowest BCUT2D eigenvalue weighted by molar-refractivity contribution is -0.130. The van der Waals surface area contributed by atoms with Crippen LogP contribution < -0.4 is 53.7 Å². The number of halogens is 1. The Morgan fingerprint density at radius 3 is 1.16 bits per heavy atom. The number of urea groups is 2. The maximum absolute atomic E-state index is 14.8. The lowest BCUT2D eigenvalue weighted by Gasteiger charge is -2.46. The van der Waals surface area contributed by atoms with E-state index in [0.29, 0.717) is 117 Å². The SMILES string of the molecule is COC1CC(C(=O)NS2(=O)=NC(=O)c3ccc4c(c3)N(C[C@@H]3CC[C@H]3[C@@H](OC)/C=C/C[C@H](C)[C@H]2C)C[C@@]2(CCCc3cc(C)ccc32)CO4)C1.COC1CC(NC(=O)NS2(=O)=NC(=O)c3ccc4c(c3)N(C[C@@H]3CC[C@H]3[C@@H](OC)/C=C/C[C@H](C)C2)C[C@@]2(CCCc3cc(C)ccc32)CO4)C1.CO[C@H]1/C=C/C[C@H](C)CS(=O)(NC(=O)N[C@H]2C[C@H]2F)=NC(=O)c2ccc3c(c2)N(C[C@@H]2CC[C@H]21)C[C@@]1(CCCc2cc(C)ccc21)CO3. The van der Waals surface area contributed by atoms with E-state index in [1.54, 1.807) is 53.7 Å². The van der Waals surface area contributed by atoms with Gasteiger partial charge in [0.1, 0.15) is 53.2 Å². The summed E-state index contributed by atoms with van der Waals surface area (Å²) in [4.78, 5) is 88.3. The third kappa shape index (κ3) is 23.2. The first-order valence-electron chi connectivity index (χ1n) is 54.1. The van der Waals surface area contributed by atoms with E-state index >= 15 is 0 Å². The summed E-state index contributed by atoms with van der Waals surface area (Å²) in [6.07, 6.45) is 32.1. The van der Waals surface area contributed by atoms with Gasteiger partial charge in [0.2, 0.25) is 5.91 Å². The molecule has 32 heteroatoms. The molecule has 148 heavy (non-hydrogen) atoms. The number of nitrogens with one attached hydrogen (secondary N) is 5. The number of anilines is 3. The molecule has 21 rings (SSSR count). The van der Waals surface area contributed by atoms with Crippen LogP contribution in [0.3, 0.4) is 0 Å². The quantitative estimate of drug-likeness (QED) is 0.0752. The van der Waals surface area contributed by atoms with Crippen LogP contribution in [0.2, 0.25) is 0 Å². The van der Waals surface area contributed by atoms with Crippen LogP contribution in [0, 0.1) is 80.0 Å². The number of aryl methyl sites for hydroxylation is 6. The van der Waals surface area contributed by atoms with Crippen LogP contribution in [-0.2, 0) is 93.7 Å². The zero-order valence-electron chi connectivity index (χ0n) is 88.1. The molecule has 6 bridgehead atoms. The normalized spacial score (nSPS) is 35.2. The van der Waals surface area contributed by atoms with Crippen LogP contribution in [-0.4, -0.2) is 208 Å². The number of ether oxygens (including phenoxy) is 8. The van der Waals surface area contributed by atoms with Gasteiger partial charge in [-0.1, -0.05) is 129 Å². The molecule has 5 N–H and O–H groups in total. The van der Waals surface area contributed by atoms with E-state index in [2.05, 4.69) is 164 Å². The number of carbonyl (C=O) groups excluding carboxylic acids is 6. The first kappa shape index (κ1) is 106. The minimum Gasteiger partial charge on any atom is -0.490 e. The second kappa shape index (κ2) is 44.7. The number of amides is 8. The summed E-state index contributed by atoms with van der Waals surface area (Å²) in [5.74, 6) is 1.53. The molecule has 6 aromatic carbocycles. The standard InChI is InChI=1S/C40H53N3O6S.C39H52N4O6S.C37H47FN4O5S/c1-25-11-15-34-28(18-25)9-7-17-40(34)23-43-22-30-12-14-33(30)36(48-5)10-6-8-26(2)27(3)50(46,42-39(45)31-19-32(20-31)47-4)41-38(44)29-13-16-37(49-24-40)35(43)21-29;1-25-10-14-33-27(17-25)8-6-16-39(33)23-43-21-29-11-13-32(29)35(48-4)9-5-7-26(2)22-50(46,42-38(45)40-30-19-31(20-30)47-3)41-37(44)28-12-15-36(49-24-39)34(43)18-28;1-23-9-13-29-25(16-23)7-5-15-37(29)21-42-19-27-10-12-28(27)33(46-3)8-4-6-24(2)20-48(45,41-36(44)39-31-18-30(31)38)40-35(43)26-11-14-34(47-22-37)32(42)17-26/h6,10-11,13,15-16,18,21,26-27,30-33,36H,7-9,12,14,17,19-20,22-24H2,1-5H3,(H,41,42,44,45,46);5,9-10,12,14-15,17-18,26,29-32,35H,6-8,11,13,16,19-24H2,1-4H3,(H2,40,41,42,44,45,46);4,8-9,11,13-14,16-17,24,27-28,30-31,33H,5-7,10,12,15,18-22H2,1-3H3,(H2,39,40,41,43,44,45)/b10-6+;9-5+;8-4+/t26-,27+,30-,31?,32?,33+,36-,40-,50?;26-,29-,30?,31?,32+,35-,39-,50?;24-,27-,28+,30+,31-,33-,37-,48?/m000/s1. The number of nitrogens with zero attached hydrogens (tertiary/aromatic N) is 6. The summed E-state index contributed by atoms with van der Waals surface area (Å²) >= 11 is 0. The molecule has 21 atom stereocenters. The monoisotopic (exact) mass is 2090 g/mol. The van der Waals surface area contributed by atoms with Crippen molar-refractivity contribution < 1.29 is 83.7 Å². The highest BCUT2D eigenvalue weighted by Gasteiger charge is 2.51. The fourth-order valence-corrected chi connectivity index (χ4v) is 31.4. The number of allylic oxidation sites excluding steroid dienone is 3. The minimum absolute atomic E-state index is 0.0134. The summed E-state index contributed by atoms with van der Waals surface area (Å²) in [5, 5.41) is 4.80. The Bertz CT molecular complexity index is 6490. The predicted octanol–water partition coefficient (Wildman–Crippen LogP) is 18.7. The van der Waals surface area contributed by atoms with Crippen molar-refractivity contribution in [3.8, 4) is 17.2 Å². The number of rotatable bonds is 11. The van der Waals surface area contributed by atoms with Gasteiger partial charge >= 0.3 is 12.1 Å². The lowest BCUT2D eigenvalue weighted by Crippen LogP contribution is -2.52. The molecule has 0 radical (unpaired) electrons. The lowest BCUT2D eigenvalue weighted by atomic mass is 9.68. The minimum atomic E-state index is -3.55. The van der Waals surface area contributed by atoms with Gasteiger partial charge in [-0.05, 0) is 310 Å². The third-order valence-corrected chi connectivity index (χ3v) is 41.6. The number of carbonyl (C=O) groups is 6. The smallest absolute Gasteiger partial charge is 0.327 e. The average molecular weight is 2090 g/mol. The van der Waals surface area contributed by atoms with Gasteiger partial charge in [-0.25, -0.2) is 26.6 Å². The molecular weight excluding hydrogens is 1930 g/mol. The number of fused-ring (bicyclic) bond motifs is 12. The Kier molecular flexibility index (Phi) is 32.1. The zero-order valence-corrected chi connectivity index (χ0v) is 90.5. The Morgan fingerprint density at radius 1 is 0.439 bits per heavy atom. The number of hydrogen-bond acceptors (Lipinski definition) is 20. The maximum Gasteiger partial charge on any atom is 0.327 e. The molecule has 15 aliphatic rings. The van der Waals surface area contributed by atoms with Crippen LogP contribution in [0.15, 0.2) is 159 Å². The van der Waals surface area contributed by atoms with Gasteiger partial charge in [-0.2, -0.15) is 0 Å². The molecule has 9 aliphatic carbocycles. The van der Waals surface area contributed by atoms with Crippen LogP contribution in [0.5, 0.6) is 17.2 Å². The van der Waals surface area contributed by atoms with Crippen LogP contribution >= 0.6 is 0 Å². The van der Waals surface area contributed by atoms with Crippen LogP contribution in [0.1, 0.15) is 237 Å². The third-order valence-electron chi connectivity index (χ3n) is 35.2. The molecule has 28 nitrogen and oxygen atoms in total. The highest BCUT2D eigenvalue weighted by atomic mass is 32.2. The van der Waals surface area contributed by atoms with E-state index < -0.39 is 77.0 Å². The molecule has 3 unspecified atom stereocenters. The highest BCUT2D eigenvalue weighted by molar-refractivity contribution is 7.93. The summed E-state index contributed by atoms with van der Waals surface area (Å²) in [5.41, 5.74) is 14.9. The van der Waals surface area contributed by atoms with Crippen molar-refractivity contribution in [1.29, 1.82) is 0 Å². The second-order valence-corrected chi connectivity index (χ2v) is 52.1. The summed E-state index contributed by atoms with van der Waals surface area (Å²) in [6, 6.07) is 34.6. The molecule has 6 saturated carbocycles.